The van der Waals surface area contributed by atoms with Crippen LogP contribution in [0, 0.1) is 0 Å². The average molecular weight is 266 g/mol. The molecule has 1 heterocycles. The zero-order valence-electron chi connectivity index (χ0n) is 7.98. The normalized spacial score (nSPS) is 19.1. The highest BCUT2D eigenvalue weighted by Crippen LogP contribution is 2.50. The van der Waals surface area contributed by atoms with Crippen LogP contribution in [0.4, 0.5) is 26.3 Å². The summed E-state index contributed by atoms with van der Waals surface area (Å²) in [5.74, 6) is -7.70. The number of hydrogen-bond acceptors (Lipinski definition) is 4. The van der Waals surface area contributed by atoms with Crippen LogP contribution in [0.5, 0.6) is 0 Å². The van der Waals surface area contributed by atoms with Crippen molar-refractivity contribution >= 4 is 5.97 Å². The summed E-state index contributed by atoms with van der Waals surface area (Å²) in [5.41, 5.74) is 0. The molecule has 17 heavy (non-hydrogen) atoms. The highest BCUT2D eigenvalue weighted by Gasteiger charge is 2.79. The predicted octanol–water partition coefficient (Wildman–Crippen LogP) is 1.87. The fraction of sp³-hybridized carbons (Fsp3) is 0.571. The molecule has 0 radical (unpaired) electrons. The lowest BCUT2D eigenvalue weighted by atomic mass is 10.2. The minimum Gasteiger partial charge on any atom is -0.463 e. The number of esters is 1. The van der Waals surface area contributed by atoms with E-state index < -0.39 is 29.9 Å². The van der Waals surface area contributed by atoms with Crippen molar-refractivity contribution < 1.29 is 45.3 Å². The Bertz CT molecular complexity index is 340. The monoisotopic (exact) mass is 266 g/mol. The van der Waals surface area contributed by atoms with Crippen LogP contribution in [-0.4, -0.2) is 31.2 Å². The van der Waals surface area contributed by atoms with Gasteiger partial charge in [0.25, 0.3) is 0 Å². The van der Waals surface area contributed by atoms with Crippen molar-refractivity contribution in [2.75, 3.05) is 7.11 Å². The maximum absolute atomic E-state index is 12.3. The molecule has 0 saturated heterocycles. The first-order chi connectivity index (χ1) is 7.55. The molecule has 98 valence electrons. The van der Waals surface area contributed by atoms with Gasteiger partial charge in [-0.05, 0) is 0 Å². The van der Waals surface area contributed by atoms with E-state index in [0.29, 0.717) is 0 Å². The van der Waals surface area contributed by atoms with E-state index in [4.69, 9.17) is 0 Å². The zero-order chi connectivity index (χ0) is 13.5. The standard InChI is InChI=1S/C7H4F6O4/c1-15-4(14)3-2-16-5(17-3,6(8,9)10)7(11,12)13/h2H,1H3. The fourth-order valence-corrected chi connectivity index (χ4v) is 0.940. The van der Waals surface area contributed by atoms with E-state index in [-0.39, 0.29) is 6.26 Å². The Labute approximate surface area is 89.7 Å². The molecule has 0 spiro atoms. The van der Waals surface area contributed by atoms with Crippen molar-refractivity contribution in [3.05, 3.63) is 12.0 Å². The van der Waals surface area contributed by atoms with Gasteiger partial charge < -0.3 is 14.2 Å². The quantitative estimate of drug-likeness (QED) is 0.537. The summed E-state index contributed by atoms with van der Waals surface area (Å²) in [6, 6.07) is 0. The van der Waals surface area contributed by atoms with Gasteiger partial charge in [0, 0.05) is 0 Å². The van der Waals surface area contributed by atoms with Crippen LogP contribution in [0.2, 0.25) is 0 Å². The smallest absolute Gasteiger partial charge is 0.463 e. The molecule has 0 aromatic carbocycles. The lowest BCUT2D eigenvalue weighted by Gasteiger charge is -2.31. The van der Waals surface area contributed by atoms with Gasteiger partial charge in [0.05, 0.1) is 7.11 Å². The largest absolute Gasteiger partial charge is 0.478 e. The van der Waals surface area contributed by atoms with Gasteiger partial charge in [-0.3, -0.25) is 0 Å². The van der Waals surface area contributed by atoms with Gasteiger partial charge in [0.1, 0.15) is 6.26 Å². The van der Waals surface area contributed by atoms with E-state index in [1.165, 1.54) is 0 Å². The molecule has 0 aromatic rings. The summed E-state index contributed by atoms with van der Waals surface area (Å²) in [6.07, 6.45) is -11.9. The summed E-state index contributed by atoms with van der Waals surface area (Å²) in [5, 5.41) is 0. The Kier molecular flexibility index (Phi) is 2.93. The molecule has 0 amide bonds. The van der Waals surface area contributed by atoms with Crippen molar-refractivity contribution in [3.63, 3.8) is 0 Å². The number of ether oxygens (including phenoxy) is 3. The number of rotatable bonds is 1. The minimum absolute atomic E-state index is 0.0905. The highest BCUT2D eigenvalue weighted by molar-refractivity contribution is 5.86. The van der Waals surface area contributed by atoms with E-state index in [2.05, 4.69) is 14.2 Å². The summed E-state index contributed by atoms with van der Waals surface area (Å²) in [7, 11) is 0.758. The van der Waals surface area contributed by atoms with Crippen molar-refractivity contribution in [2.24, 2.45) is 0 Å². The van der Waals surface area contributed by atoms with Crippen LogP contribution < -0.4 is 0 Å². The predicted molar refractivity (Wildman–Crippen MR) is 37.1 cm³/mol. The van der Waals surface area contributed by atoms with Gasteiger partial charge in [0.15, 0.2) is 0 Å². The Hall–Kier alpha value is -1.61. The molecule has 0 fully saturated rings. The minimum atomic E-state index is -5.91. The Morgan fingerprint density at radius 3 is 2.00 bits per heavy atom. The number of carbonyl (C=O) groups is 1. The zero-order valence-corrected chi connectivity index (χ0v) is 7.98. The first kappa shape index (κ1) is 13.5. The second-order valence-electron chi connectivity index (χ2n) is 2.81. The summed E-state index contributed by atoms with van der Waals surface area (Å²) < 4.78 is 84.7. The topological polar surface area (TPSA) is 44.8 Å². The van der Waals surface area contributed by atoms with E-state index in [0.717, 1.165) is 7.11 Å². The van der Waals surface area contributed by atoms with E-state index in [1.54, 1.807) is 0 Å². The highest BCUT2D eigenvalue weighted by atomic mass is 19.4. The molecule has 0 aliphatic carbocycles. The van der Waals surface area contributed by atoms with Crippen LogP contribution in [-0.2, 0) is 19.0 Å². The second-order valence-corrected chi connectivity index (χ2v) is 2.81. The third-order valence-corrected chi connectivity index (χ3v) is 1.72. The van der Waals surface area contributed by atoms with Crippen LogP contribution in [0.1, 0.15) is 0 Å². The molecular formula is C7H4F6O4. The SMILES string of the molecule is COC(=O)C1=COC(C(F)(F)F)(C(F)(F)F)O1. The maximum atomic E-state index is 12.3. The summed E-state index contributed by atoms with van der Waals surface area (Å²) in [4.78, 5) is 10.7. The van der Waals surface area contributed by atoms with Gasteiger partial charge in [-0.1, -0.05) is 0 Å². The number of alkyl halides is 6. The molecule has 0 atom stereocenters. The van der Waals surface area contributed by atoms with Gasteiger partial charge in [0.2, 0.25) is 5.76 Å². The Morgan fingerprint density at radius 1 is 1.24 bits per heavy atom. The van der Waals surface area contributed by atoms with E-state index in [1.807, 2.05) is 0 Å². The van der Waals surface area contributed by atoms with Gasteiger partial charge in [-0.15, -0.1) is 0 Å². The van der Waals surface area contributed by atoms with Gasteiger partial charge >= 0.3 is 24.1 Å². The number of hydrogen-bond donors (Lipinski definition) is 0. The number of halogens is 6. The number of methoxy groups -OCH3 is 1. The second kappa shape index (κ2) is 3.70. The summed E-state index contributed by atoms with van der Waals surface area (Å²) in [6.45, 7) is 0. The molecule has 1 rings (SSSR count). The number of carbonyl (C=O) groups excluding carboxylic acids is 1. The van der Waals surface area contributed by atoms with Crippen LogP contribution in [0.15, 0.2) is 12.0 Å². The third kappa shape index (κ3) is 1.98. The van der Waals surface area contributed by atoms with Crippen molar-refractivity contribution in [3.8, 4) is 0 Å². The lowest BCUT2D eigenvalue weighted by molar-refractivity contribution is -0.436. The third-order valence-electron chi connectivity index (χ3n) is 1.72. The Morgan fingerprint density at radius 2 is 1.71 bits per heavy atom. The van der Waals surface area contributed by atoms with Crippen LogP contribution in [0.3, 0.4) is 0 Å². The van der Waals surface area contributed by atoms with Crippen molar-refractivity contribution in [1.82, 2.24) is 0 Å². The first-order valence-corrected chi connectivity index (χ1v) is 3.84. The van der Waals surface area contributed by atoms with E-state index >= 15 is 0 Å². The van der Waals surface area contributed by atoms with Crippen molar-refractivity contribution in [2.45, 2.75) is 18.1 Å². The maximum Gasteiger partial charge on any atom is 0.478 e. The molecule has 0 aromatic heterocycles. The molecule has 0 saturated carbocycles. The van der Waals surface area contributed by atoms with E-state index in [9.17, 15) is 31.1 Å². The average Bonchev–Trinajstić information content (AvgIpc) is 2.60. The first-order valence-electron chi connectivity index (χ1n) is 3.84. The molecule has 1 aliphatic rings. The molecule has 10 heteroatoms. The lowest BCUT2D eigenvalue weighted by Crippen LogP contribution is -2.58. The molecule has 0 unspecified atom stereocenters. The van der Waals surface area contributed by atoms with Crippen molar-refractivity contribution in [1.29, 1.82) is 0 Å². The molecular weight excluding hydrogens is 262 g/mol. The molecule has 4 nitrogen and oxygen atoms in total. The molecule has 1 aliphatic heterocycles. The fourth-order valence-electron chi connectivity index (χ4n) is 0.940. The Balaban J connectivity index is 3.08. The van der Waals surface area contributed by atoms with Gasteiger partial charge in [-0.2, -0.15) is 26.3 Å². The van der Waals surface area contributed by atoms with Crippen LogP contribution >= 0.6 is 0 Å². The summed E-state index contributed by atoms with van der Waals surface area (Å²) >= 11 is 0. The van der Waals surface area contributed by atoms with Crippen LogP contribution in [0.25, 0.3) is 0 Å². The van der Waals surface area contributed by atoms with Gasteiger partial charge in [-0.25, -0.2) is 4.79 Å². The molecule has 0 N–H and O–H groups in total. The molecule has 0 bridgehead atoms.